The van der Waals surface area contributed by atoms with Gasteiger partial charge in [-0.05, 0) is 45.5 Å². The monoisotopic (exact) mass is 1180 g/mol. The van der Waals surface area contributed by atoms with Crippen molar-refractivity contribution in [2.75, 3.05) is 148 Å². The van der Waals surface area contributed by atoms with Crippen molar-refractivity contribution in [3.8, 4) is 0 Å². The second-order valence-corrected chi connectivity index (χ2v) is 24.2. The van der Waals surface area contributed by atoms with E-state index in [1.165, 1.54) is 128 Å². The molecule has 0 aromatic heterocycles. The summed E-state index contributed by atoms with van der Waals surface area (Å²) in [6.45, 7) is 15.8. The van der Waals surface area contributed by atoms with Gasteiger partial charge in [-0.2, -0.15) is 36.2 Å². The van der Waals surface area contributed by atoms with E-state index in [-0.39, 0.29) is 112 Å². The van der Waals surface area contributed by atoms with Gasteiger partial charge in [0.05, 0.1) is 37.0 Å². The molecule has 0 amide bonds. The Hall–Kier alpha value is -2.29. The number of esters is 6. The third-order valence-electron chi connectivity index (χ3n) is 13.8. The maximum absolute atomic E-state index is 12.6. The Morgan fingerprint density at radius 3 is 0.924 bits per heavy atom. The summed E-state index contributed by atoms with van der Waals surface area (Å²) in [7, 11) is 5.87. The van der Waals surface area contributed by atoms with Crippen molar-refractivity contribution in [1.82, 2.24) is 19.6 Å². The fourth-order valence-electron chi connectivity index (χ4n) is 8.10. The number of carbonyl (C=O) groups excluding carboxylic acids is 6. The van der Waals surface area contributed by atoms with Crippen molar-refractivity contribution in [2.45, 2.75) is 182 Å². The molecular formula is C60H114N4O12S3. The van der Waals surface area contributed by atoms with E-state index < -0.39 is 0 Å². The van der Waals surface area contributed by atoms with Crippen molar-refractivity contribution >= 4 is 72.0 Å². The van der Waals surface area contributed by atoms with Gasteiger partial charge in [-0.15, -0.1) is 0 Å². The maximum atomic E-state index is 12.6. The Labute approximate surface area is 494 Å². The molecule has 16 nitrogen and oxygen atoms in total. The lowest BCUT2D eigenvalue weighted by Gasteiger charge is -2.29. The standard InChI is InChI=1S/C60H114N4O12S3/c1-9-11-13-15-17-19-21-23-25-27-47-78-50-53(4)59(69)75-45-42-72-56(66)30-33-62(7)36-39-64(38-35-61(6)32-29-55(65)71-41-44-74-58(68)52(3)49-77)40-37-63(8)34-31-57(67)73-43-46-76-60(70)54(5)51-79-48-28-26-24-22-20-18-16-14-12-10-2/h52-54,77H,9-51H2,1-8H3. The molecule has 464 valence electrons. The summed E-state index contributed by atoms with van der Waals surface area (Å²) in [5.74, 6) is 1.21. The molecular weight excluding hydrogens is 1060 g/mol. The van der Waals surface area contributed by atoms with Crippen LogP contribution in [-0.4, -0.2) is 204 Å². The molecule has 0 bridgehead atoms. The molecule has 3 unspecified atom stereocenters. The zero-order chi connectivity index (χ0) is 58.6. The topological polar surface area (TPSA) is 171 Å². The lowest BCUT2D eigenvalue weighted by molar-refractivity contribution is -0.154. The van der Waals surface area contributed by atoms with Gasteiger partial charge in [-0.1, -0.05) is 150 Å². The highest BCUT2D eigenvalue weighted by Gasteiger charge is 2.18. The van der Waals surface area contributed by atoms with E-state index in [2.05, 4.69) is 46.1 Å². The Kier molecular flexibility index (Phi) is 53.3. The van der Waals surface area contributed by atoms with Gasteiger partial charge in [0.15, 0.2) is 0 Å². The number of rotatable bonds is 57. The highest BCUT2D eigenvalue weighted by Crippen LogP contribution is 2.17. The van der Waals surface area contributed by atoms with E-state index in [0.717, 1.165) is 23.0 Å². The van der Waals surface area contributed by atoms with Crippen LogP contribution in [0.25, 0.3) is 0 Å². The predicted molar refractivity (Wildman–Crippen MR) is 328 cm³/mol. The summed E-state index contributed by atoms with van der Waals surface area (Å²) in [6.07, 6.45) is 26.8. The quantitative estimate of drug-likeness (QED) is 0.0264. The third-order valence-corrected chi connectivity index (χ3v) is 16.9. The van der Waals surface area contributed by atoms with Gasteiger partial charge < -0.3 is 43.1 Å². The van der Waals surface area contributed by atoms with Crippen LogP contribution in [0.2, 0.25) is 0 Å². The molecule has 3 atom stereocenters. The fourth-order valence-corrected chi connectivity index (χ4v) is 10.4. The summed E-state index contributed by atoms with van der Waals surface area (Å²) in [5.41, 5.74) is 0. The van der Waals surface area contributed by atoms with E-state index in [0.29, 0.717) is 64.7 Å². The summed E-state index contributed by atoms with van der Waals surface area (Å²) in [4.78, 5) is 83.1. The van der Waals surface area contributed by atoms with Crippen LogP contribution in [-0.2, 0) is 57.2 Å². The van der Waals surface area contributed by atoms with E-state index in [4.69, 9.17) is 28.4 Å². The van der Waals surface area contributed by atoms with Crippen LogP contribution in [0.5, 0.6) is 0 Å². The molecule has 0 saturated carbocycles. The lowest BCUT2D eigenvalue weighted by atomic mass is 10.1. The van der Waals surface area contributed by atoms with Gasteiger partial charge in [-0.3, -0.25) is 33.7 Å². The smallest absolute Gasteiger partial charge is 0.309 e. The average molecular weight is 1180 g/mol. The summed E-state index contributed by atoms with van der Waals surface area (Å²) in [6, 6.07) is 0. The number of ether oxygens (including phenoxy) is 6. The minimum atomic E-state index is -0.372. The van der Waals surface area contributed by atoms with Crippen molar-refractivity contribution < 1.29 is 57.2 Å². The highest BCUT2D eigenvalue weighted by molar-refractivity contribution is 7.99. The minimum Gasteiger partial charge on any atom is -0.462 e. The van der Waals surface area contributed by atoms with Crippen LogP contribution in [0.3, 0.4) is 0 Å². The van der Waals surface area contributed by atoms with E-state index in [9.17, 15) is 28.8 Å². The normalized spacial score (nSPS) is 12.7. The Morgan fingerprint density at radius 2 is 0.633 bits per heavy atom. The molecule has 0 aromatic carbocycles. The molecule has 0 fully saturated rings. The number of likely N-dealkylation sites (N-methyl/N-ethyl adjacent to an activating group) is 3. The minimum absolute atomic E-state index is 0.000723. The zero-order valence-corrected chi connectivity index (χ0v) is 53.6. The lowest BCUT2D eigenvalue weighted by Crippen LogP contribution is -2.42. The molecule has 0 N–H and O–H groups in total. The second-order valence-electron chi connectivity index (χ2n) is 21.6. The molecule has 19 heteroatoms. The summed E-state index contributed by atoms with van der Waals surface area (Å²) >= 11 is 7.71. The van der Waals surface area contributed by atoms with E-state index in [1.54, 1.807) is 30.4 Å². The first kappa shape index (κ1) is 76.7. The van der Waals surface area contributed by atoms with Gasteiger partial charge in [-0.25, -0.2) is 0 Å². The predicted octanol–water partition coefficient (Wildman–Crippen LogP) is 10.7. The van der Waals surface area contributed by atoms with Gasteiger partial charge in [0.1, 0.15) is 39.6 Å². The Balaban J connectivity index is 4.71. The average Bonchev–Trinajstić information content (AvgIpc) is 3.44. The van der Waals surface area contributed by atoms with Crippen LogP contribution in [0.15, 0.2) is 0 Å². The van der Waals surface area contributed by atoms with Gasteiger partial charge in [0.25, 0.3) is 0 Å². The first-order chi connectivity index (χ1) is 38.1. The Morgan fingerprint density at radius 1 is 0.367 bits per heavy atom. The molecule has 0 rings (SSSR count). The van der Waals surface area contributed by atoms with Crippen LogP contribution in [0, 0.1) is 17.8 Å². The number of carbonyl (C=O) groups is 6. The maximum Gasteiger partial charge on any atom is 0.309 e. The molecule has 0 aliphatic rings. The number of hydrogen-bond acceptors (Lipinski definition) is 19. The SMILES string of the molecule is CCCCCCCCCCCCSCC(C)C(=O)OCCOC(=O)CCN(C)CCN(CCN(C)CCC(=O)OCCOC(=O)C(C)CS)CCN(C)CCC(=O)OCCOC(=O)C(C)CSCCCCCCCCCCCC. The molecule has 79 heavy (non-hydrogen) atoms. The largest absolute Gasteiger partial charge is 0.462 e. The summed E-state index contributed by atoms with van der Waals surface area (Å²) in [5, 5.41) is 0. The van der Waals surface area contributed by atoms with Crippen LogP contribution in [0.4, 0.5) is 0 Å². The Bertz CT molecular complexity index is 1440. The molecule has 0 aromatic rings. The molecule has 0 aliphatic heterocycles. The molecule has 0 aliphatic carbocycles. The van der Waals surface area contributed by atoms with E-state index in [1.807, 2.05) is 35.0 Å². The molecule has 0 spiro atoms. The van der Waals surface area contributed by atoms with Gasteiger partial charge in [0.2, 0.25) is 0 Å². The van der Waals surface area contributed by atoms with Gasteiger partial charge >= 0.3 is 35.8 Å². The second kappa shape index (κ2) is 54.9. The van der Waals surface area contributed by atoms with Crippen molar-refractivity contribution in [2.24, 2.45) is 17.8 Å². The highest BCUT2D eigenvalue weighted by atomic mass is 32.2. The first-order valence-corrected chi connectivity index (χ1v) is 33.6. The molecule has 0 saturated heterocycles. The number of thiol groups is 1. The number of thioether (sulfide) groups is 2. The molecule has 0 heterocycles. The van der Waals surface area contributed by atoms with E-state index >= 15 is 0 Å². The van der Waals surface area contributed by atoms with Crippen LogP contribution < -0.4 is 0 Å². The fraction of sp³-hybridized carbons (Fsp3) is 0.900. The first-order valence-electron chi connectivity index (χ1n) is 30.6. The van der Waals surface area contributed by atoms with Crippen molar-refractivity contribution in [3.63, 3.8) is 0 Å². The van der Waals surface area contributed by atoms with Gasteiger partial charge in [0, 0.05) is 76.2 Å². The van der Waals surface area contributed by atoms with Crippen LogP contribution in [0.1, 0.15) is 182 Å². The molecule has 0 radical (unpaired) electrons. The third kappa shape index (κ3) is 50.0. The van der Waals surface area contributed by atoms with Crippen molar-refractivity contribution in [1.29, 1.82) is 0 Å². The summed E-state index contributed by atoms with van der Waals surface area (Å²) < 4.78 is 32.0. The number of unbranched alkanes of at least 4 members (excludes halogenated alkanes) is 18. The number of hydrogen-bond donors (Lipinski definition) is 1. The van der Waals surface area contributed by atoms with Crippen LogP contribution >= 0.6 is 36.2 Å². The zero-order valence-electron chi connectivity index (χ0n) is 51.1. The number of nitrogens with zero attached hydrogens (tertiary/aromatic N) is 4. The van der Waals surface area contributed by atoms with Crippen molar-refractivity contribution in [3.05, 3.63) is 0 Å².